The molecule has 0 heterocycles. The first-order valence-corrected chi connectivity index (χ1v) is 9.20. The van der Waals surface area contributed by atoms with Crippen LogP contribution in [0.4, 0.5) is 0 Å². The Balaban J connectivity index is 3.61. The molecule has 0 aromatic rings. The lowest BCUT2D eigenvalue weighted by Gasteiger charge is -2.19. The summed E-state index contributed by atoms with van der Waals surface area (Å²) in [6, 6.07) is 0. The van der Waals surface area contributed by atoms with E-state index in [1.807, 2.05) is 0 Å². The van der Waals surface area contributed by atoms with Gasteiger partial charge in [0.15, 0.2) is 0 Å². The van der Waals surface area contributed by atoms with Gasteiger partial charge in [0.2, 0.25) is 0 Å². The van der Waals surface area contributed by atoms with Crippen LogP contribution in [0.15, 0.2) is 0 Å². The van der Waals surface area contributed by atoms with Crippen molar-refractivity contribution in [3.63, 3.8) is 0 Å². The smallest absolute Gasteiger partial charge is 0.0201 e. The molecule has 1 nitrogen and oxygen atoms in total. The fourth-order valence-electron chi connectivity index (χ4n) is 2.03. The highest BCUT2D eigenvalue weighted by Crippen LogP contribution is 2.20. The van der Waals surface area contributed by atoms with Gasteiger partial charge in [-0.05, 0) is 23.2 Å². The summed E-state index contributed by atoms with van der Waals surface area (Å²) in [5, 5.41) is 0. The summed E-state index contributed by atoms with van der Waals surface area (Å²) in [6.07, 6.45) is 9.93. The molecule has 0 aromatic carbocycles. The average Bonchev–Trinajstić information content (AvgIpc) is 2.30. The minimum Gasteiger partial charge on any atom is -0.248 e. The van der Waals surface area contributed by atoms with E-state index in [9.17, 15) is 0 Å². The first-order valence-electron chi connectivity index (χ1n) is 6.71. The molecule has 0 aliphatic carbocycles. The maximum Gasteiger partial charge on any atom is 0.0201 e. The molecular formula is C13H27I2N. The highest BCUT2D eigenvalue weighted by Gasteiger charge is 2.08. The summed E-state index contributed by atoms with van der Waals surface area (Å²) >= 11 is 4.93. The normalized spacial score (nSPS) is 13.3. The van der Waals surface area contributed by atoms with Crippen molar-refractivity contribution >= 4 is 45.5 Å². The molecule has 0 radical (unpaired) electrons. The molecule has 0 rings (SSSR count). The third-order valence-corrected chi connectivity index (χ3v) is 4.99. The second-order valence-electron chi connectivity index (χ2n) is 4.48. The van der Waals surface area contributed by atoms with Crippen LogP contribution < -0.4 is 0 Å². The number of hydrogen-bond acceptors (Lipinski definition) is 1. The molecule has 16 heavy (non-hydrogen) atoms. The van der Waals surface area contributed by atoms with Crippen molar-refractivity contribution in [1.29, 1.82) is 0 Å². The molecule has 0 bridgehead atoms. The highest BCUT2D eigenvalue weighted by molar-refractivity contribution is 14.1. The Kier molecular flexibility index (Phi) is 14.0. The van der Waals surface area contributed by atoms with Crippen molar-refractivity contribution in [2.75, 3.05) is 17.5 Å². The van der Waals surface area contributed by atoms with Gasteiger partial charge in [0.05, 0.1) is 0 Å². The van der Waals surface area contributed by atoms with Crippen LogP contribution in [0.1, 0.15) is 58.8 Å². The maximum absolute atomic E-state index is 2.48. The van der Waals surface area contributed by atoms with Crippen molar-refractivity contribution in [1.82, 2.24) is 3.11 Å². The lowest BCUT2D eigenvalue weighted by atomic mass is 9.93. The summed E-state index contributed by atoms with van der Waals surface area (Å²) in [7, 11) is 0. The van der Waals surface area contributed by atoms with Gasteiger partial charge >= 0.3 is 0 Å². The molecule has 98 valence electrons. The molecule has 0 saturated carbocycles. The second-order valence-corrected chi connectivity index (χ2v) is 6.93. The number of halogens is 2. The Labute approximate surface area is 130 Å². The molecule has 0 aliphatic rings. The van der Waals surface area contributed by atoms with E-state index in [4.69, 9.17) is 0 Å². The Morgan fingerprint density at radius 3 is 2.31 bits per heavy atom. The molecule has 1 atom stereocenters. The SMILES string of the molecule is CCCC(CCCCCI)CCN(I)CC. The van der Waals surface area contributed by atoms with E-state index in [1.165, 1.54) is 62.5 Å². The zero-order chi connectivity index (χ0) is 12.2. The van der Waals surface area contributed by atoms with E-state index in [0.29, 0.717) is 0 Å². The van der Waals surface area contributed by atoms with Gasteiger partial charge in [-0.2, -0.15) is 0 Å². The zero-order valence-corrected chi connectivity index (χ0v) is 15.2. The molecule has 0 aromatic heterocycles. The Morgan fingerprint density at radius 2 is 1.75 bits per heavy atom. The number of unbranched alkanes of at least 4 members (excludes halogenated alkanes) is 2. The zero-order valence-electron chi connectivity index (χ0n) is 10.9. The molecular weight excluding hydrogens is 424 g/mol. The standard InChI is InChI=1S/C13H27I2N/c1-3-8-13(9-6-5-7-11-14)10-12-16(15)4-2/h13H,3-12H2,1-2H3. The predicted molar refractivity (Wildman–Crippen MR) is 91.6 cm³/mol. The third kappa shape index (κ3) is 10.6. The number of hydrogen-bond donors (Lipinski definition) is 0. The Hall–Kier alpha value is 1.42. The number of alkyl halides is 1. The Morgan fingerprint density at radius 1 is 1.00 bits per heavy atom. The first kappa shape index (κ1) is 17.4. The second kappa shape index (κ2) is 12.9. The summed E-state index contributed by atoms with van der Waals surface area (Å²) in [5.41, 5.74) is 0. The van der Waals surface area contributed by atoms with Crippen LogP contribution in [0, 0.1) is 5.92 Å². The summed E-state index contributed by atoms with van der Waals surface area (Å²) in [5.74, 6) is 0.975. The number of rotatable bonds is 11. The minimum atomic E-state index is 0.975. The largest absolute Gasteiger partial charge is 0.248 e. The van der Waals surface area contributed by atoms with Crippen molar-refractivity contribution in [3.05, 3.63) is 0 Å². The van der Waals surface area contributed by atoms with Gasteiger partial charge in [-0.1, -0.05) is 68.5 Å². The lowest BCUT2D eigenvalue weighted by molar-refractivity contribution is 0.364. The van der Waals surface area contributed by atoms with Crippen LogP contribution in [0.5, 0.6) is 0 Å². The fourth-order valence-corrected chi connectivity index (χ4v) is 2.84. The van der Waals surface area contributed by atoms with Gasteiger partial charge in [-0.3, -0.25) is 0 Å². The Bertz CT molecular complexity index is 142. The third-order valence-electron chi connectivity index (χ3n) is 3.07. The van der Waals surface area contributed by atoms with Gasteiger partial charge in [0.25, 0.3) is 0 Å². The van der Waals surface area contributed by atoms with Crippen LogP contribution >= 0.6 is 45.5 Å². The highest BCUT2D eigenvalue weighted by atomic mass is 127. The maximum atomic E-state index is 2.48. The van der Waals surface area contributed by atoms with Gasteiger partial charge in [0, 0.05) is 36.0 Å². The average molecular weight is 451 g/mol. The summed E-state index contributed by atoms with van der Waals surface area (Å²) in [4.78, 5) is 0. The van der Waals surface area contributed by atoms with E-state index in [-0.39, 0.29) is 0 Å². The van der Waals surface area contributed by atoms with E-state index in [0.717, 1.165) is 5.92 Å². The quantitative estimate of drug-likeness (QED) is 0.175. The van der Waals surface area contributed by atoms with E-state index in [2.05, 4.69) is 62.4 Å². The van der Waals surface area contributed by atoms with Gasteiger partial charge < -0.3 is 0 Å². The van der Waals surface area contributed by atoms with E-state index < -0.39 is 0 Å². The topological polar surface area (TPSA) is 3.24 Å². The van der Waals surface area contributed by atoms with Crippen LogP contribution in [0.3, 0.4) is 0 Å². The number of nitrogens with zero attached hydrogens (tertiary/aromatic N) is 1. The van der Waals surface area contributed by atoms with Crippen LogP contribution in [-0.4, -0.2) is 20.6 Å². The molecule has 1 unspecified atom stereocenters. The lowest BCUT2D eigenvalue weighted by Crippen LogP contribution is -2.15. The van der Waals surface area contributed by atoms with Crippen molar-refractivity contribution in [3.8, 4) is 0 Å². The van der Waals surface area contributed by atoms with Crippen LogP contribution in [0.25, 0.3) is 0 Å². The summed E-state index contributed by atoms with van der Waals surface area (Å²) in [6.45, 7) is 7.00. The monoisotopic (exact) mass is 451 g/mol. The van der Waals surface area contributed by atoms with Crippen LogP contribution in [0.2, 0.25) is 0 Å². The molecule has 0 fully saturated rings. The van der Waals surface area contributed by atoms with E-state index >= 15 is 0 Å². The molecule has 3 heteroatoms. The predicted octanol–water partition coefficient (Wildman–Crippen LogP) is 5.46. The molecule has 0 aliphatic heterocycles. The van der Waals surface area contributed by atoms with Gasteiger partial charge in [-0.15, -0.1) is 0 Å². The minimum absolute atomic E-state index is 0.975. The van der Waals surface area contributed by atoms with Crippen molar-refractivity contribution in [2.45, 2.75) is 58.8 Å². The van der Waals surface area contributed by atoms with Crippen molar-refractivity contribution in [2.24, 2.45) is 5.92 Å². The van der Waals surface area contributed by atoms with Gasteiger partial charge in [0.1, 0.15) is 0 Å². The fraction of sp³-hybridized carbons (Fsp3) is 1.00. The summed E-state index contributed by atoms with van der Waals surface area (Å²) < 4.78 is 3.73. The molecule has 0 spiro atoms. The molecule has 0 amide bonds. The first-order chi connectivity index (χ1) is 7.74. The van der Waals surface area contributed by atoms with E-state index in [1.54, 1.807) is 0 Å². The molecule has 0 saturated heterocycles. The van der Waals surface area contributed by atoms with Gasteiger partial charge in [-0.25, -0.2) is 3.11 Å². The molecule has 0 N–H and O–H groups in total. The van der Waals surface area contributed by atoms with Crippen molar-refractivity contribution < 1.29 is 0 Å². The van der Waals surface area contributed by atoms with Crippen LogP contribution in [-0.2, 0) is 0 Å².